The molecule has 1 aromatic carbocycles. The number of guanidine groups is 1. The Morgan fingerprint density at radius 2 is 2.12 bits per heavy atom. The number of para-hydroxylation sites is 1. The summed E-state index contributed by atoms with van der Waals surface area (Å²) in [5.41, 5.74) is 13.4. The van der Waals surface area contributed by atoms with E-state index in [-0.39, 0.29) is 5.96 Å². The number of hydrogen-bond acceptors (Lipinski definition) is 2. The van der Waals surface area contributed by atoms with Crippen LogP contribution in [-0.4, -0.2) is 25.6 Å². The fourth-order valence-corrected chi connectivity index (χ4v) is 2.14. The molecular formula is C12H18N4. The van der Waals surface area contributed by atoms with Crippen LogP contribution < -0.4 is 16.4 Å². The molecule has 1 aliphatic heterocycles. The van der Waals surface area contributed by atoms with Gasteiger partial charge in [0.2, 0.25) is 0 Å². The minimum atomic E-state index is 0.172. The smallest absolute Gasteiger partial charge is 0.185 e. The molecule has 0 unspecified atom stereocenters. The van der Waals surface area contributed by atoms with Gasteiger partial charge >= 0.3 is 0 Å². The van der Waals surface area contributed by atoms with Gasteiger partial charge in [0.1, 0.15) is 0 Å². The number of benzene rings is 1. The van der Waals surface area contributed by atoms with Crippen LogP contribution in [-0.2, 0) is 6.42 Å². The van der Waals surface area contributed by atoms with E-state index in [1.165, 1.54) is 24.1 Å². The van der Waals surface area contributed by atoms with Gasteiger partial charge in [0, 0.05) is 18.8 Å². The Hall–Kier alpha value is -1.71. The van der Waals surface area contributed by atoms with Crippen molar-refractivity contribution in [1.82, 2.24) is 0 Å². The van der Waals surface area contributed by atoms with Gasteiger partial charge in [0.15, 0.2) is 5.96 Å². The van der Waals surface area contributed by atoms with Crippen LogP contribution in [0.5, 0.6) is 0 Å². The second-order valence-corrected chi connectivity index (χ2v) is 4.03. The van der Waals surface area contributed by atoms with Crippen LogP contribution in [0.25, 0.3) is 0 Å². The van der Waals surface area contributed by atoms with Crippen molar-refractivity contribution < 1.29 is 0 Å². The number of aryl methyl sites for hydroxylation is 1. The minimum absolute atomic E-state index is 0.172. The van der Waals surface area contributed by atoms with Gasteiger partial charge in [-0.25, -0.2) is 0 Å². The van der Waals surface area contributed by atoms with Gasteiger partial charge in [-0.1, -0.05) is 18.2 Å². The summed E-state index contributed by atoms with van der Waals surface area (Å²) in [5.74, 6) is 0.172. The van der Waals surface area contributed by atoms with E-state index in [4.69, 9.17) is 11.5 Å². The minimum Gasteiger partial charge on any atom is -0.370 e. The maximum atomic E-state index is 5.31. The molecule has 4 heteroatoms. The predicted molar refractivity (Wildman–Crippen MR) is 67.7 cm³/mol. The lowest BCUT2D eigenvalue weighted by Gasteiger charge is -2.30. The van der Waals surface area contributed by atoms with Gasteiger partial charge in [-0.2, -0.15) is 0 Å². The summed E-state index contributed by atoms with van der Waals surface area (Å²) in [5, 5.41) is 0. The van der Waals surface area contributed by atoms with Crippen LogP contribution in [0.1, 0.15) is 12.0 Å². The zero-order valence-electron chi connectivity index (χ0n) is 9.39. The Labute approximate surface area is 96.0 Å². The molecule has 0 bridgehead atoms. The molecule has 86 valence electrons. The number of fused-ring (bicyclic) bond motifs is 1. The maximum absolute atomic E-state index is 5.31. The summed E-state index contributed by atoms with van der Waals surface area (Å²) in [4.78, 5) is 6.37. The average Bonchev–Trinajstić information content (AvgIpc) is 2.29. The first-order valence-electron chi connectivity index (χ1n) is 5.65. The third-order valence-corrected chi connectivity index (χ3v) is 2.87. The molecule has 0 saturated carbocycles. The van der Waals surface area contributed by atoms with Crippen LogP contribution >= 0.6 is 0 Å². The first-order chi connectivity index (χ1) is 7.77. The zero-order chi connectivity index (χ0) is 11.4. The van der Waals surface area contributed by atoms with E-state index in [2.05, 4.69) is 34.2 Å². The summed E-state index contributed by atoms with van der Waals surface area (Å²) in [6, 6.07) is 8.54. The molecule has 2 rings (SSSR count). The molecule has 0 aliphatic carbocycles. The highest BCUT2D eigenvalue weighted by Crippen LogP contribution is 2.25. The number of nitrogens with two attached hydrogens (primary N) is 2. The molecule has 1 heterocycles. The molecular weight excluding hydrogens is 200 g/mol. The van der Waals surface area contributed by atoms with Gasteiger partial charge in [-0.05, 0) is 24.5 Å². The third kappa shape index (κ3) is 2.45. The van der Waals surface area contributed by atoms with E-state index in [0.29, 0.717) is 6.54 Å². The summed E-state index contributed by atoms with van der Waals surface area (Å²) in [6.07, 6.45) is 2.38. The van der Waals surface area contributed by atoms with Crippen molar-refractivity contribution in [2.75, 3.05) is 24.5 Å². The number of rotatable bonds is 3. The fraction of sp³-hybridized carbons (Fsp3) is 0.417. The summed E-state index contributed by atoms with van der Waals surface area (Å²) < 4.78 is 0. The number of nitrogens with zero attached hydrogens (tertiary/aromatic N) is 2. The first-order valence-corrected chi connectivity index (χ1v) is 5.65. The molecule has 0 saturated heterocycles. The lowest BCUT2D eigenvalue weighted by Crippen LogP contribution is -2.32. The van der Waals surface area contributed by atoms with E-state index in [9.17, 15) is 0 Å². The summed E-state index contributed by atoms with van der Waals surface area (Å²) >= 11 is 0. The summed E-state index contributed by atoms with van der Waals surface area (Å²) in [7, 11) is 0. The van der Waals surface area contributed by atoms with Crippen LogP contribution in [0.2, 0.25) is 0 Å². The maximum Gasteiger partial charge on any atom is 0.185 e. The molecule has 4 N–H and O–H groups in total. The van der Waals surface area contributed by atoms with Gasteiger partial charge < -0.3 is 16.4 Å². The fourth-order valence-electron chi connectivity index (χ4n) is 2.14. The molecule has 0 fully saturated rings. The SMILES string of the molecule is NC(N)=NCCN1CCCc2ccccc21. The first kappa shape index (κ1) is 10.8. The Morgan fingerprint density at radius 1 is 1.31 bits per heavy atom. The molecule has 0 amide bonds. The normalized spacial score (nSPS) is 14.4. The third-order valence-electron chi connectivity index (χ3n) is 2.87. The molecule has 0 spiro atoms. The Morgan fingerprint density at radius 3 is 2.94 bits per heavy atom. The molecule has 1 aliphatic rings. The molecule has 0 atom stereocenters. The van der Waals surface area contributed by atoms with Crippen LogP contribution in [0.4, 0.5) is 5.69 Å². The number of hydrogen-bond donors (Lipinski definition) is 2. The Balaban J connectivity index is 2.04. The second-order valence-electron chi connectivity index (χ2n) is 4.03. The molecule has 16 heavy (non-hydrogen) atoms. The van der Waals surface area contributed by atoms with Crippen molar-refractivity contribution >= 4 is 11.6 Å². The van der Waals surface area contributed by atoms with E-state index in [1.807, 2.05) is 0 Å². The van der Waals surface area contributed by atoms with E-state index in [0.717, 1.165) is 13.1 Å². The van der Waals surface area contributed by atoms with E-state index in [1.54, 1.807) is 0 Å². The molecule has 4 nitrogen and oxygen atoms in total. The van der Waals surface area contributed by atoms with Crippen molar-refractivity contribution in [2.24, 2.45) is 16.5 Å². The van der Waals surface area contributed by atoms with Crippen molar-refractivity contribution in [3.63, 3.8) is 0 Å². The Bertz CT molecular complexity index is 382. The van der Waals surface area contributed by atoms with E-state index < -0.39 is 0 Å². The molecule has 0 radical (unpaired) electrons. The van der Waals surface area contributed by atoms with Crippen LogP contribution in [0.3, 0.4) is 0 Å². The van der Waals surface area contributed by atoms with Crippen molar-refractivity contribution in [3.8, 4) is 0 Å². The standard InChI is InChI=1S/C12H18N4/c13-12(14)15-7-9-16-8-3-5-10-4-1-2-6-11(10)16/h1-2,4,6H,3,5,7-9H2,(H4,13,14,15). The molecule has 0 aromatic heterocycles. The quantitative estimate of drug-likeness (QED) is 0.580. The number of aliphatic imine (C=N–C) groups is 1. The van der Waals surface area contributed by atoms with Gasteiger partial charge in [0.05, 0.1) is 6.54 Å². The van der Waals surface area contributed by atoms with Crippen molar-refractivity contribution in [3.05, 3.63) is 29.8 Å². The monoisotopic (exact) mass is 218 g/mol. The van der Waals surface area contributed by atoms with Crippen LogP contribution in [0.15, 0.2) is 29.3 Å². The van der Waals surface area contributed by atoms with Gasteiger partial charge in [-0.3, -0.25) is 4.99 Å². The predicted octanol–water partition coefficient (Wildman–Crippen LogP) is 0.713. The lowest BCUT2D eigenvalue weighted by molar-refractivity contribution is 0.692. The average molecular weight is 218 g/mol. The highest BCUT2D eigenvalue weighted by Gasteiger charge is 2.14. The highest BCUT2D eigenvalue weighted by molar-refractivity contribution is 5.75. The number of anilines is 1. The lowest BCUT2D eigenvalue weighted by atomic mass is 10.0. The zero-order valence-corrected chi connectivity index (χ0v) is 9.39. The van der Waals surface area contributed by atoms with Crippen LogP contribution in [0, 0.1) is 0 Å². The molecule has 1 aromatic rings. The largest absolute Gasteiger partial charge is 0.370 e. The van der Waals surface area contributed by atoms with E-state index >= 15 is 0 Å². The van der Waals surface area contributed by atoms with Crippen molar-refractivity contribution in [2.45, 2.75) is 12.8 Å². The van der Waals surface area contributed by atoms with Gasteiger partial charge in [-0.15, -0.1) is 0 Å². The summed E-state index contributed by atoms with van der Waals surface area (Å²) in [6.45, 7) is 2.64. The Kier molecular flexibility index (Phi) is 3.29. The van der Waals surface area contributed by atoms with Crippen molar-refractivity contribution in [1.29, 1.82) is 0 Å². The topological polar surface area (TPSA) is 67.6 Å². The highest BCUT2D eigenvalue weighted by atomic mass is 15.1. The second kappa shape index (κ2) is 4.88. The van der Waals surface area contributed by atoms with Gasteiger partial charge in [0.25, 0.3) is 0 Å².